The van der Waals surface area contributed by atoms with Crippen molar-refractivity contribution in [3.8, 4) is 0 Å². The number of carbonyl (C=O) groups is 1. The van der Waals surface area contributed by atoms with Crippen LogP contribution in [0.4, 0.5) is 10.5 Å². The van der Waals surface area contributed by atoms with Gasteiger partial charge in [0.05, 0.1) is 6.10 Å². The second kappa shape index (κ2) is 8.91. The van der Waals surface area contributed by atoms with E-state index in [9.17, 15) is 4.79 Å². The Balaban J connectivity index is 1.13. The van der Waals surface area contributed by atoms with Gasteiger partial charge < -0.3 is 19.4 Å². The predicted molar refractivity (Wildman–Crippen MR) is 121 cm³/mol. The third-order valence-corrected chi connectivity index (χ3v) is 7.26. The van der Waals surface area contributed by atoms with E-state index >= 15 is 0 Å². The van der Waals surface area contributed by atoms with E-state index < -0.39 is 0 Å². The minimum absolute atomic E-state index is 0.185. The smallest absolute Gasteiger partial charge is 0.320 e. The number of likely N-dealkylation sites (tertiary alicyclic amines) is 2. The van der Waals surface area contributed by atoms with Gasteiger partial charge >= 0.3 is 6.03 Å². The van der Waals surface area contributed by atoms with Gasteiger partial charge in [-0.1, -0.05) is 12.1 Å². The molecule has 5 rings (SSSR count). The van der Waals surface area contributed by atoms with E-state index in [0.29, 0.717) is 17.9 Å². The number of H-pyrrole nitrogens is 1. The number of hydrogen-bond donors (Lipinski definition) is 1. The summed E-state index contributed by atoms with van der Waals surface area (Å²) in [4.78, 5) is 19.3. The lowest BCUT2D eigenvalue weighted by atomic mass is 9.91. The molecule has 3 aliphatic heterocycles. The number of rotatable bonds is 4. The van der Waals surface area contributed by atoms with Gasteiger partial charge in [0.25, 0.3) is 0 Å². The van der Waals surface area contributed by atoms with Crippen LogP contribution < -0.4 is 4.90 Å². The van der Waals surface area contributed by atoms with Gasteiger partial charge in [0.2, 0.25) is 0 Å². The summed E-state index contributed by atoms with van der Waals surface area (Å²) in [5.74, 6) is 0.827. The number of ether oxygens (including phenoxy) is 1. The van der Waals surface area contributed by atoms with E-state index in [2.05, 4.69) is 39.4 Å². The number of nitrogens with one attached hydrogen (secondary N) is 1. The number of aromatic amines is 1. The van der Waals surface area contributed by atoms with E-state index in [1.165, 1.54) is 24.1 Å². The molecule has 0 saturated carbocycles. The van der Waals surface area contributed by atoms with Crippen molar-refractivity contribution in [2.24, 2.45) is 0 Å². The highest BCUT2D eigenvalue weighted by Crippen LogP contribution is 2.32. The maximum absolute atomic E-state index is 12.9. The van der Waals surface area contributed by atoms with Gasteiger partial charge in [-0.05, 0) is 49.4 Å². The van der Waals surface area contributed by atoms with Gasteiger partial charge in [-0.3, -0.25) is 5.10 Å². The fraction of sp³-hybridized carbons (Fsp3) is 0.583. The van der Waals surface area contributed by atoms with Crippen LogP contribution in [0.5, 0.6) is 0 Å². The zero-order valence-electron chi connectivity index (χ0n) is 18.4. The number of nitrogens with zero attached hydrogens (tertiary/aromatic N) is 4. The first-order valence-corrected chi connectivity index (χ1v) is 11.6. The molecular formula is C24H33N5O2. The summed E-state index contributed by atoms with van der Waals surface area (Å²) in [6, 6.07) is 11.2. The number of urea groups is 1. The van der Waals surface area contributed by atoms with Crippen LogP contribution in [-0.2, 0) is 4.74 Å². The number of aromatic nitrogens is 2. The fourth-order valence-electron chi connectivity index (χ4n) is 5.21. The van der Waals surface area contributed by atoms with Gasteiger partial charge in [-0.25, -0.2) is 4.79 Å². The Morgan fingerprint density at radius 2 is 1.77 bits per heavy atom. The molecule has 2 atom stereocenters. The minimum atomic E-state index is 0.185. The second-order valence-corrected chi connectivity index (χ2v) is 9.22. The molecule has 0 bridgehead atoms. The van der Waals surface area contributed by atoms with Crippen molar-refractivity contribution in [2.75, 3.05) is 51.3 Å². The summed E-state index contributed by atoms with van der Waals surface area (Å²) >= 11 is 0. The van der Waals surface area contributed by atoms with Crippen molar-refractivity contribution < 1.29 is 9.53 Å². The molecule has 3 saturated heterocycles. The molecule has 2 aromatic rings. The largest absolute Gasteiger partial charge is 0.380 e. The van der Waals surface area contributed by atoms with E-state index in [1.807, 2.05) is 23.0 Å². The Morgan fingerprint density at radius 1 is 0.968 bits per heavy atom. The Bertz CT molecular complexity index is 863. The van der Waals surface area contributed by atoms with Crippen molar-refractivity contribution in [1.82, 2.24) is 20.0 Å². The third-order valence-electron chi connectivity index (χ3n) is 7.26. The predicted octanol–water partition coefficient (Wildman–Crippen LogP) is 3.42. The first-order chi connectivity index (χ1) is 15.2. The van der Waals surface area contributed by atoms with E-state index in [0.717, 1.165) is 57.8 Å². The van der Waals surface area contributed by atoms with E-state index in [-0.39, 0.29) is 6.03 Å². The average molecular weight is 424 g/mol. The summed E-state index contributed by atoms with van der Waals surface area (Å²) in [5.41, 5.74) is 3.75. The van der Waals surface area contributed by atoms with Crippen LogP contribution in [0.15, 0.2) is 36.5 Å². The lowest BCUT2D eigenvalue weighted by Gasteiger charge is -2.41. The van der Waals surface area contributed by atoms with Crippen LogP contribution in [0, 0.1) is 0 Å². The minimum Gasteiger partial charge on any atom is -0.380 e. The summed E-state index contributed by atoms with van der Waals surface area (Å²) in [5, 5.41) is 7.09. The molecule has 3 fully saturated rings. The van der Waals surface area contributed by atoms with Crippen LogP contribution in [0.1, 0.15) is 48.8 Å². The maximum Gasteiger partial charge on any atom is 0.320 e. The Labute approximate surface area is 184 Å². The molecule has 1 N–H and O–H groups in total. The van der Waals surface area contributed by atoms with Crippen LogP contribution in [0.25, 0.3) is 0 Å². The van der Waals surface area contributed by atoms with Gasteiger partial charge in [0.15, 0.2) is 0 Å². The number of carbonyl (C=O) groups excluding carboxylic acids is 1. The fourth-order valence-corrected chi connectivity index (χ4v) is 5.21. The molecule has 2 amide bonds. The molecule has 166 valence electrons. The zero-order chi connectivity index (χ0) is 21.2. The highest BCUT2D eigenvalue weighted by Gasteiger charge is 2.37. The van der Waals surface area contributed by atoms with Crippen molar-refractivity contribution in [2.45, 2.75) is 43.6 Å². The Morgan fingerprint density at radius 3 is 2.52 bits per heavy atom. The molecule has 31 heavy (non-hydrogen) atoms. The molecule has 7 nitrogen and oxygen atoms in total. The molecule has 1 unspecified atom stereocenters. The Hall–Kier alpha value is -2.54. The van der Waals surface area contributed by atoms with Crippen LogP contribution in [-0.4, -0.2) is 78.5 Å². The number of methoxy groups -OCH3 is 1. The van der Waals surface area contributed by atoms with Crippen molar-refractivity contribution in [3.05, 3.63) is 47.8 Å². The monoisotopic (exact) mass is 423 g/mol. The summed E-state index contributed by atoms with van der Waals surface area (Å²) in [6.45, 7) is 5.32. The number of benzene rings is 1. The van der Waals surface area contributed by atoms with E-state index in [1.54, 1.807) is 6.20 Å². The lowest BCUT2D eigenvalue weighted by Crippen LogP contribution is -2.53. The molecule has 4 heterocycles. The Kier molecular flexibility index (Phi) is 5.85. The third kappa shape index (κ3) is 4.28. The van der Waals surface area contributed by atoms with Gasteiger partial charge in [0, 0.05) is 75.8 Å². The maximum atomic E-state index is 12.9. The van der Waals surface area contributed by atoms with Gasteiger partial charge in [-0.2, -0.15) is 5.10 Å². The molecule has 1 aromatic carbocycles. The highest BCUT2D eigenvalue weighted by molar-refractivity contribution is 5.76. The number of hydrogen-bond acceptors (Lipinski definition) is 4. The van der Waals surface area contributed by atoms with Crippen LogP contribution in [0.2, 0.25) is 0 Å². The number of amides is 2. The molecule has 0 aliphatic carbocycles. The second-order valence-electron chi connectivity index (χ2n) is 9.22. The van der Waals surface area contributed by atoms with Crippen molar-refractivity contribution in [3.63, 3.8) is 0 Å². The lowest BCUT2D eigenvalue weighted by molar-refractivity contribution is 0.103. The zero-order valence-corrected chi connectivity index (χ0v) is 18.4. The van der Waals surface area contributed by atoms with Crippen molar-refractivity contribution in [1.29, 1.82) is 0 Å². The molecule has 3 aliphatic rings. The number of anilines is 1. The van der Waals surface area contributed by atoms with E-state index in [4.69, 9.17) is 4.74 Å². The molecule has 0 spiro atoms. The summed E-state index contributed by atoms with van der Waals surface area (Å²) in [7, 11) is 1.82. The molecule has 0 radical (unpaired) electrons. The SMILES string of the molecule is CO[C@@H]1CCCCN(c2ccc(C3CN(C(=O)N4CCC(c5ccn[nH]5)C4)C3)cc2)C1. The topological polar surface area (TPSA) is 64.7 Å². The summed E-state index contributed by atoms with van der Waals surface area (Å²) in [6.07, 6.45) is 6.72. The average Bonchev–Trinajstić information content (AvgIpc) is 3.41. The molecule has 7 heteroatoms. The normalized spacial score (nSPS) is 24.9. The quantitative estimate of drug-likeness (QED) is 0.818. The summed E-state index contributed by atoms with van der Waals surface area (Å²) < 4.78 is 5.63. The highest BCUT2D eigenvalue weighted by atomic mass is 16.5. The van der Waals surface area contributed by atoms with Gasteiger partial charge in [0.1, 0.15) is 0 Å². The first kappa shape index (κ1) is 20.4. The van der Waals surface area contributed by atoms with Crippen LogP contribution >= 0.6 is 0 Å². The first-order valence-electron chi connectivity index (χ1n) is 11.6. The van der Waals surface area contributed by atoms with Crippen molar-refractivity contribution >= 4 is 11.7 Å². The molecular weight excluding hydrogens is 390 g/mol. The van der Waals surface area contributed by atoms with Gasteiger partial charge in [-0.15, -0.1) is 0 Å². The molecule has 1 aromatic heterocycles. The standard InChI is InChI=1S/C24H33N5O2/c1-31-22-4-2-3-12-27(17-22)21-7-5-18(6-8-21)20-15-29(16-20)24(30)28-13-10-19(14-28)23-9-11-25-26-23/h5-9,11,19-20,22H,2-4,10,12-17H2,1H3,(H,25,26)/t19?,22-/m1/s1. The van der Waals surface area contributed by atoms with Crippen LogP contribution in [0.3, 0.4) is 0 Å².